The van der Waals surface area contributed by atoms with Crippen molar-refractivity contribution in [1.29, 1.82) is 0 Å². The summed E-state index contributed by atoms with van der Waals surface area (Å²) in [5.41, 5.74) is 6.46. The lowest BCUT2D eigenvalue weighted by Crippen LogP contribution is -2.36. The first kappa shape index (κ1) is 16.6. The average molecular weight is 336 g/mol. The van der Waals surface area contributed by atoms with Crippen molar-refractivity contribution in [1.82, 2.24) is 9.88 Å². The minimum absolute atomic E-state index is 0.432. The zero-order valence-electron chi connectivity index (χ0n) is 15.6. The van der Waals surface area contributed by atoms with Gasteiger partial charge < -0.3 is 4.74 Å². The molecule has 3 nitrogen and oxygen atoms in total. The Labute approximate surface area is 151 Å². The van der Waals surface area contributed by atoms with Crippen molar-refractivity contribution in [2.75, 3.05) is 19.7 Å². The van der Waals surface area contributed by atoms with E-state index in [0.717, 1.165) is 36.7 Å². The monoisotopic (exact) mass is 336 g/mol. The number of hydrogen-bond donors (Lipinski definition) is 0. The van der Waals surface area contributed by atoms with E-state index in [9.17, 15) is 0 Å². The van der Waals surface area contributed by atoms with E-state index in [-0.39, 0.29) is 0 Å². The predicted octanol–water partition coefficient (Wildman–Crippen LogP) is 4.57. The van der Waals surface area contributed by atoms with Crippen molar-refractivity contribution < 1.29 is 4.74 Å². The zero-order chi connectivity index (χ0) is 17.4. The van der Waals surface area contributed by atoms with Crippen LogP contribution in [0, 0.1) is 13.8 Å². The minimum Gasteiger partial charge on any atom is -0.493 e. The Morgan fingerprint density at radius 1 is 1.16 bits per heavy atom. The highest BCUT2D eigenvalue weighted by Gasteiger charge is 2.26. The number of nitrogens with zero attached hydrogens (tertiary/aromatic N) is 2. The van der Waals surface area contributed by atoms with Gasteiger partial charge in [-0.05, 0) is 81.0 Å². The van der Waals surface area contributed by atoms with Crippen LogP contribution in [0.3, 0.4) is 0 Å². The number of aromatic nitrogens is 1. The van der Waals surface area contributed by atoms with Gasteiger partial charge in [-0.1, -0.05) is 12.1 Å². The number of likely N-dealkylation sites (tertiary alicyclic amines) is 1. The molecule has 0 spiro atoms. The molecule has 3 heterocycles. The minimum atomic E-state index is 0.432. The number of ether oxygens (including phenoxy) is 1. The van der Waals surface area contributed by atoms with Crippen LogP contribution in [0.1, 0.15) is 59.8 Å². The van der Waals surface area contributed by atoms with E-state index in [1.807, 2.05) is 0 Å². The number of piperidine rings is 1. The predicted molar refractivity (Wildman–Crippen MR) is 101 cm³/mol. The number of fused-ring (bicyclic) bond motifs is 1. The van der Waals surface area contributed by atoms with E-state index in [1.165, 1.54) is 36.1 Å². The quantitative estimate of drug-likeness (QED) is 0.821. The highest BCUT2D eigenvalue weighted by Crippen LogP contribution is 2.35. The van der Waals surface area contributed by atoms with E-state index in [1.54, 1.807) is 0 Å². The SMILES string of the molecule is Cc1cc([C@H]2CCCN([C@@H](C)c3ccc4c(c3)OCC4)C2)cc(C)n1. The fourth-order valence-electron chi connectivity index (χ4n) is 4.39. The van der Waals surface area contributed by atoms with Crippen molar-refractivity contribution in [3.05, 3.63) is 58.4 Å². The van der Waals surface area contributed by atoms with Crippen LogP contribution in [0.15, 0.2) is 30.3 Å². The van der Waals surface area contributed by atoms with Crippen LogP contribution in [0.2, 0.25) is 0 Å². The molecule has 2 aliphatic heterocycles. The van der Waals surface area contributed by atoms with Crippen LogP contribution in [-0.4, -0.2) is 29.6 Å². The molecule has 132 valence electrons. The topological polar surface area (TPSA) is 25.4 Å². The fraction of sp³-hybridized carbons (Fsp3) is 0.500. The molecule has 0 unspecified atom stereocenters. The third-order valence-corrected chi connectivity index (χ3v) is 5.78. The van der Waals surface area contributed by atoms with Crippen LogP contribution < -0.4 is 4.74 Å². The third kappa shape index (κ3) is 3.43. The van der Waals surface area contributed by atoms with Gasteiger partial charge in [0.15, 0.2) is 0 Å². The Kier molecular flexibility index (Phi) is 4.51. The molecular weight excluding hydrogens is 308 g/mol. The largest absolute Gasteiger partial charge is 0.493 e. The number of hydrogen-bond acceptors (Lipinski definition) is 3. The van der Waals surface area contributed by atoms with Crippen molar-refractivity contribution in [2.45, 2.75) is 52.0 Å². The Bertz CT molecular complexity index is 750. The van der Waals surface area contributed by atoms with E-state index in [4.69, 9.17) is 4.74 Å². The van der Waals surface area contributed by atoms with Gasteiger partial charge in [-0.25, -0.2) is 0 Å². The highest BCUT2D eigenvalue weighted by atomic mass is 16.5. The summed E-state index contributed by atoms with van der Waals surface area (Å²) in [5, 5.41) is 0. The summed E-state index contributed by atoms with van der Waals surface area (Å²) in [6.45, 7) is 9.68. The first-order valence-electron chi connectivity index (χ1n) is 9.55. The summed E-state index contributed by atoms with van der Waals surface area (Å²) < 4.78 is 5.77. The second-order valence-corrected chi connectivity index (χ2v) is 7.66. The standard InChI is InChI=1S/C22H28N2O/c1-15-11-21(12-16(2)23-15)20-5-4-9-24(14-20)17(3)19-7-6-18-8-10-25-22(18)13-19/h6-7,11-13,17,20H,4-5,8-10,14H2,1-3H3/t17-,20-/m0/s1. The first-order valence-corrected chi connectivity index (χ1v) is 9.55. The average Bonchev–Trinajstić information content (AvgIpc) is 3.08. The molecular formula is C22H28N2O. The summed E-state index contributed by atoms with van der Waals surface area (Å²) in [6.07, 6.45) is 3.59. The maximum atomic E-state index is 5.77. The number of aryl methyl sites for hydroxylation is 2. The lowest BCUT2D eigenvalue weighted by atomic mass is 9.89. The Morgan fingerprint density at radius 3 is 2.76 bits per heavy atom. The molecule has 0 aliphatic carbocycles. The van der Waals surface area contributed by atoms with Crippen LogP contribution >= 0.6 is 0 Å². The van der Waals surface area contributed by atoms with Crippen LogP contribution in [0.25, 0.3) is 0 Å². The summed E-state index contributed by atoms with van der Waals surface area (Å²) >= 11 is 0. The van der Waals surface area contributed by atoms with E-state index in [0.29, 0.717) is 12.0 Å². The second kappa shape index (κ2) is 6.80. The van der Waals surface area contributed by atoms with Gasteiger partial charge in [0, 0.05) is 30.4 Å². The molecule has 0 radical (unpaired) electrons. The van der Waals surface area contributed by atoms with Gasteiger partial charge in [0.1, 0.15) is 5.75 Å². The Morgan fingerprint density at radius 2 is 1.96 bits per heavy atom. The summed E-state index contributed by atoms with van der Waals surface area (Å²) in [7, 11) is 0. The molecule has 3 heteroatoms. The van der Waals surface area contributed by atoms with Gasteiger partial charge in [-0.2, -0.15) is 0 Å². The highest BCUT2D eigenvalue weighted by molar-refractivity contribution is 5.41. The molecule has 2 aromatic rings. The van der Waals surface area contributed by atoms with Crippen molar-refractivity contribution in [3.8, 4) is 5.75 Å². The molecule has 1 fully saturated rings. The maximum Gasteiger partial charge on any atom is 0.122 e. The summed E-state index contributed by atoms with van der Waals surface area (Å²) in [5.74, 6) is 1.71. The second-order valence-electron chi connectivity index (χ2n) is 7.66. The van der Waals surface area contributed by atoms with Crippen LogP contribution in [-0.2, 0) is 6.42 Å². The van der Waals surface area contributed by atoms with Gasteiger partial charge in [0.05, 0.1) is 6.61 Å². The zero-order valence-corrected chi connectivity index (χ0v) is 15.6. The Balaban J connectivity index is 1.52. The fourth-order valence-corrected chi connectivity index (χ4v) is 4.39. The normalized spacial score (nSPS) is 21.6. The maximum absolute atomic E-state index is 5.77. The van der Waals surface area contributed by atoms with Crippen molar-refractivity contribution >= 4 is 0 Å². The third-order valence-electron chi connectivity index (χ3n) is 5.78. The molecule has 2 aliphatic rings. The van der Waals surface area contributed by atoms with Gasteiger partial charge in [-0.3, -0.25) is 9.88 Å². The van der Waals surface area contributed by atoms with Gasteiger partial charge in [-0.15, -0.1) is 0 Å². The molecule has 0 amide bonds. The van der Waals surface area contributed by atoms with Gasteiger partial charge in [0.25, 0.3) is 0 Å². The summed E-state index contributed by atoms with van der Waals surface area (Å²) in [4.78, 5) is 7.17. The van der Waals surface area contributed by atoms with Crippen LogP contribution in [0.4, 0.5) is 0 Å². The molecule has 2 atom stereocenters. The first-order chi connectivity index (χ1) is 12.1. The van der Waals surface area contributed by atoms with E-state index in [2.05, 4.69) is 61.0 Å². The molecule has 1 saturated heterocycles. The van der Waals surface area contributed by atoms with Crippen molar-refractivity contribution in [3.63, 3.8) is 0 Å². The number of rotatable bonds is 3. The number of benzene rings is 1. The molecule has 1 aromatic heterocycles. The molecule has 0 N–H and O–H groups in total. The van der Waals surface area contributed by atoms with E-state index < -0.39 is 0 Å². The molecule has 0 bridgehead atoms. The molecule has 0 saturated carbocycles. The summed E-state index contributed by atoms with van der Waals surface area (Å²) in [6, 6.07) is 11.8. The Hall–Kier alpha value is -1.87. The molecule has 25 heavy (non-hydrogen) atoms. The molecule has 4 rings (SSSR count). The lowest BCUT2D eigenvalue weighted by Gasteiger charge is -2.37. The lowest BCUT2D eigenvalue weighted by molar-refractivity contribution is 0.158. The van der Waals surface area contributed by atoms with Crippen molar-refractivity contribution in [2.24, 2.45) is 0 Å². The van der Waals surface area contributed by atoms with Crippen LogP contribution in [0.5, 0.6) is 5.75 Å². The smallest absolute Gasteiger partial charge is 0.122 e. The van der Waals surface area contributed by atoms with Gasteiger partial charge >= 0.3 is 0 Å². The van der Waals surface area contributed by atoms with E-state index >= 15 is 0 Å². The molecule has 1 aromatic carbocycles. The van der Waals surface area contributed by atoms with Gasteiger partial charge in [0.2, 0.25) is 0 Å². The number of pyridine rings is 1.